The van der Waals surface area contributed by atoms with Crippen LogP contribution in [0.15, 0.2) is 0 Å². The molecule has 0 aromatic rings. The first kappa shape index (κ1) is 78.3. The fourth-order valence-electron chi connectivity index (χ4n) is 6.85. The molecule has 70 heavy (non-hydrogen) atoms. The van der Waals surface area contributed by atoms with Gasteiger partial charge in [0.15, 0.2) is 10.5 Å². The van der Waals surface area contributed by atoms with Crippen LogP contribution in [0.4, 0.5) is 0 Å². The van der Waals surface area contributed by atoms with E-state index in [1.165, 1.54) is 32.1 Å². The van der Waals surface area contributed by atoms with Crippen molar-refractivity contribution in [3.63, 3.8) is 0 Å². The van der Waals surface area contributed by atoms with Crippen LogP contribution in [0.5, 0.6) is 0 Å². The molecule has 20 heteroatoms. The van der Waals surface area contributed by atoms with Crippen LogP contribution in [0.3, 0.4) is 0 Å². The summed E-state index contributed by atoms with van der Waals surface area (Å²) in [5, 5.41) is 5.91. The van der Waals surface area contributed by atoms with Crippen LogP contribution < -0.4 is 34.7 Å². The largest absolute Gasteiger partial charge is 2.00 e. The van der Waals surface area contributed by atoms with Crippen molar-refractivity contribution in [2.24, 2.45) is 23.7 Å². The minimum absolute atomic E-state index is 0. The smallest absolute Gasteiger partial charge is 0.747 e. The van der Waals surface area contributed by atoms with Crippen LogP contribution in [0.1, 0.15) is 229 Å². The van der Waals surface area contributed by atoms with E-state index in [0.29, 0.717) is 0 Å². The fraction of sp³-hybridized carbons (Fsp3) is 0.900. The molecule has 0 heterocycles. The zero-order valence-corrected chi connectivity index (χ0v) is 51.1. The van der Waals surface area contributed by atoms with E-state index in [1.807, 2.05) is 27.7 Å². The number of unbranched alkanes of at least 4 members (excludes halogenated alkanes) is 10. The second-order valence-corrected chi connectivity index (χ2v) is 21.0. The third-order valence-corrected chi connectivity index (χ3v) is 14.1. The van der Waals surface area contributed by atoms with E-state index in [0.717, 1.165) is 116 Å². The maximum Gasteiger partial charge on any atom is 2.00 e. The summed E-state index contributed by atoms with van der Waals surface area (Å²) in [5.41, 5.74) is 0. The number of hydrogen-bond acceptors (Lipinski definition) is 16. The summed E-state index contributed by atoms with van der Waals surface area (Å²) in [6.45, 7) is 18.7. The first-order chi connectivity index (χ1) is 32.1. The topological polar surface area (TPSA) is 260 Å². The van der Waals surface area contributed by atoms with E-state index in [9.17, 15) is 55.0 Å². The minimum Gasteiger partial charge on any atom is -0.747 e. The Kier molecular flexibility index (Phi) is 56.6. The van der Waals surface area contributed by atoms with Crippen molar-refractivity contribution in [1.82, 2.24) is 0 Å². The molecule has 6 atom stereocenters. The van der Waals surface area contributed by atoms with Crippen LogP contribution in [0, 0.1) is 23.7 Å². The Labute approximate surface area is 476 Å². The van der Waals surface area contributed by atoms with Crippen molar-refractivity contribution in [3.8, 4) is 0 Å². The number of carbonyl (C=O) groups excluding carboxylic acids is 5. The molecule has 0 bridgehead atoms. The van der Waals surface area contributed by atoms with Crippen molar-refractivity contribution in [2.45, 2.75) is 240 Å². The number of hydrogen-bond donors (Lipinski definition) is 0. The molecule has 0 radical (unpaired) electrons. The third kappa shape index (κ3) is 46.0. The minimum atomic E-state index is -5.01. The number of carbonyl (C=O) groups is 5. The zero-order valence-electron chi connectivity index (χ0n) is 45.2. The molecule has 0 saturated carbocycles. The van der Waals surface area contributed by atoms with Crippen LogP contribution in [0.2, 0.25) is 0 Å². The maximum atomic E-state index is 12.1. The number of carboxylic acids is 1. The van der Waals surface area contributed by atoms with E-state index in [1.54, 1.807) is 0 Å². The predicted molar refractivity (Wildman–Crippen MR) is 267 cm³/mol. The van der Waals surface area contributed by atoms with Crippen molar-refractivity contribution in [3.05, 3.63) is 0 Å². The molecular weight excluding hydrogens is 984 g/mol. The molecule has 0 fully saturated rings. The van der Waals surface area contributed by atoms with Gasteiger partial charge in [0, 0.05) is 5.97 Å². The van der Waals surface area contributed by atoms with E-state index in [2.05, 4.69) is 34.6 Å². The molecule has 0 saturated heterocycles. The first-order valence-corrected chi connectivity index (χ1v) is 28.8. The molecule has 0 rings (SSSR count). The number of ether oxygens (including phenoxy) is 4. The molecule has 0 aliphatic rings. The Bertz CT molecular complexity index is 1440. The van der Waals surface area contributed by atoms with E-state index in [4.69, 9.17) is 18.9 Å². The van der Waals surface area contributed by atoms with Gasteiger partial charge in [-0.25, -0.2) is 16.8 Å². The second kappa shape index (κ2) is 50.6. The van der Waals surface area contributed by atoms with Crippen LogP contribution in [0.25, 0.3) is 0 Å². The van der Waals surface area contributed by atoms with Gasteiger partial charge in [-0.05, 0) is 62.2 Å². The molecule has 0 aromatic carbocycles. The molecule has 404 valence electrons. The first-order valence-electron chi connectivity index (χ1n) is 25.9. The average molecular weight is 1080 g/mol. The van der Waals surface area contributed by atoms with E-state index < -0.39 is 73.4 Å². The van der Waals surface area contributed by atoms with Gasteiger partial charge in [0.05, 0.1) is 39.3 Å². The van der Waals surface area contributed by atoms with Crippen molar-refractivity contribution in [1.29, 1.82) is 0 Å². The molecule has 0 aliphatic heterocycles. The molecule has 16 nitrogen and oxygen atoms in total. The normalized spacial score (nSPS) is 13.6. The second-order valence-electron chi connectivity index (χ2n) is 17.9. The van der Waals surface area contributed by atoms with Crippen LogP contribution in [-0.4, -0.2) is 130 Å². The Morgan fingerprint density at radius 2 is 0.671 bits per heavy atom. The van der Waals surface area contributed by atoms with E-state index >= 15 is 0 Å². The summed E-state index contributed by atoms with van der Waals surface area (Å²) in [7, 11) is -10.0. The Morgan fingerprint density at radius 1 is 0.414 bits per heavy atom. The van der Waals surface area contributed by atoms with Crippen LogP contribution >= 0.6 is 0 Å². The zero-order chi connectivity index (χ0) is 52.4. The summed E-state index contributed by atoms with van der Waals surface area (Å²) in [4.78, 5) is 58.3. The van der Waals surface area contributed by atoms with Gasteiger partial charge in [0.25, 0.3) is 0 Å². The average Bonchev–Trinajstić information content (AvgIpc) is 3.29. The summed E-state index contributed by atoms with van der Waals surface area (Å²) < 4.78 is 89.1. The van der Waals surface area contributed by atoms with Gasteiger partial charge in [-0.2, -0.15) is 0 Å². The number of esters is 4. The Hall–Kier alpha value is -0.570. The third-order valence-electron chi connectivity index (χ3n) is 12.0. The number of carboxylic acid groups (broad SMARTS) is 1. The van der Waals surface area contributed by atoms with Gasteiger partial charge >= 0.3 is 91.2 Å². The summed E-state index contributed by atoms with van der Waals surface area (Å²) in [5.74, 6) is -4.40. The molecular formula is C50H93CaNaO16S2. The standard InChI is InChI=1S/2C20H38O7S.C10H20O2.Ca.Na/c2*1-5-9-11-16(7-3)14-26-19(21)13-18(28(23,24)25)20(22)27-15-17(8-4)12-10-6-2;1-2-3-4-5-6-7-8-9-10(11)12;;/h2*16-18H,5-15H2,1-4H3,(H,23,24,25);2-9H2,1H3,(H,11,12);;/q;;;+2;+1/p-3. The van der Waals surface area contributed by atoms with Gasteiger partial charge in [-0.3, -0.25) is 19.2 Å². The summed E-state index contributed by atoms with van der Waals surface area (Å²) in [6.07, 6.45) is 21.5. The predicted octanol–water partition coefficient (Wildman–Crippen LogP) is 6.12. The van der Waals surface area contributed by atoms with Crippen LogP contribution in [-0.2, 0) is 63.2 Å². The molecule has 6 unspecified atom stereocenters. The van der Waals surface area contributed by atoms with Gasteiger partial charge in [-0.1, -0.05) is 178 Å². The molecule has 0 spiro atoms. The maximum absolute atomic E-state index is 12.1. The fourth-order valence-corrected chi connectivity index (χ4v) is 8.14. The quantitative estimate of drug-likeness (QED) is 0.0220. The molecule has 0 aromatic heterocycles. The van der Waals surface area contributed by atoms with Crippen molar-refractivity contribution >= 4 is 87.8 Å². The van der Waals surface area contributed by atoms with Crippen molar-refractivity contribution in [2.75, 3.05) is 26.4 Å². The van der Waals surface area contributed by atoms with E-state index in [-0.39, 0.29) is 124 Å². The van der Waals surface area contributed by atoms with Gasteiger partial charge in [-0.15, -0.1) is 0 Å². The molecule has 0 N–H and O–H groups in total. The van der Waals surface area contributed by atoms with Gasteiger partial charge in [0.2, 0.25) is 0 Å². The number of aliphatic carboxylic acids is 1. The Morgan fingerprint density at radius 3 is 0.914 bits per heavy atom. The SMILES string of the molecule is CCCCC(CC)COC(=O)CC(C(=O)OCC(CC)CCCC)S(=O)(=O)[O-].CCCCC(CC)COC(=O)CC(C(=O)OCC(CC)CCCC)S(=O)(=O)[O-].CCCCCCCCCC(=O)[O-].[Ca+2].[Na+]. The van der Waals surface area contributed by atoms with Crippen molar-refractivity contribution < 1.29 is 104 Å². The molecule has 0 aliphatic carbocycles. The Balaban J connectivity index is -0.000000320. The summed E-state index contributed by atoms with van der Waals surface area (Å²) >= 11 is 0. The number of rotatable bonds is 40. The summed E-state index contributed by atoms with van der Waals surface area (Å²) in [6, 6.07) is 0. The van der Waals surface area contributed by atoms with Gasteiger partial charge < -0.3 is 38.0 Å². The van der Waals surface area contributed by atoms with Gasteiger partial charge in [0.1, 0.15) is 20.2 Å². The monoisotopic (exact) mass is 1080 g/mol. The molecule has 0 amide bonds.